The minimum atomic E-state index is -0.292. The molecule has 3 heterocycles. The first-order valence-electron chi connectivity index (χ1n) is 11.4. The minimum absolute atomic E-state index is 0.0284. The molecule has 2 fully saturated rings. The lowest BCUT2D eigenvalue weighted by molar-refractivity contribution is -0.144. The van der Waals surface area contributed by atoms with Crippen LogP contribution in [-0.2, 0) is 20.9 Å². The lowest BCUT2D eigenvalue weighted by Crippen LogP contribution is -2.52. The summed E-state index contributed by atoms with van der Waals surface area (Å²) in [5.41, 5.74) is 5.37. The standard InChI is InChI=1S/C25H32N4O3/c1-18-6-8-21(9-7-18)17-29-20(3)22(19(2)26-29)10-11-24(30)27-12-14-28(15-13-27)25(31)23-5-4-16-32-23/h6-11,23H,4-5,12-17H2,1-3H3. The molecule has 170 valence electrons. The van der Waals surface area contributed by atoms with E-state index >= 15 is 0 Å². The highest BCUT2D eigenvalue weighted by Gasteiger charge is 2.31. The zero-order chi connectivity index (χ0) is 22.7. The molecule has 0 bridgehead atoms. The van der Waals surface area contributed by atoms with E-state index in [0.29, 0.717) is 39.3 Å². The van der Waals surface area contributed by atoms with Crippen molar-refractivity contribution in [3.05, 3.63) is 58.4 Å². The highest BCUT2D eigenvalue weighted by Crippen LogP contribution is 2.18. The predicted octanol–water partition coefficient (Wildman–Crippen LogP) is 2.72. The van der Waals surface area contributed by atoms with E-state index in [2.05, 4.69) is 36.3 Å². The Labute approximate surface area is 189 Å². The summed E-state index contributed by atoms with van der Waals surface area (Å²) in [4.78, 5) is 28.9. The second-order valence-electron chi connectivity index (χ2n) is 8.71. The molecule has 7 nitrogen and oxygen atoms in total. The fourth-order valence-corrected chi connectivity index (χ4v) is 4.36. The van der Waals surface area contributed by atoms with Gasteiger partial charge in [0.25, 0.3) is 5.91 Å². The van der Waals surface area contributed by atoms with Gasteiger partial charge in [-0.2, -0.15) is 5.10 Å². The molecule has 4 rings (SSSR count). The summed E-state index contributed by atoms with van der Waals surface area (Å²) in [5, 5.41) is 4.67. The van der Waals surface area contributed by atoms with E-state index in [0.717, 1.165) is 29.8 Å². The monoisotopic (exact) mass is 436 g/mol. The van der Waals surface area contributed by atoms with Crippen molar-refractivity contribution in [1.82, 2.24) is 19.6 Å². The van der Waals surface area contributed by atoms with Crippen LogP contribution in [0.5, 0.6) is 0 Å². The normalized spacial score (nSPS) is 19.2. The van der Waals surface area contributed by atoms with E-state index in [1.807, 2.05) is 29.5 Å². The molecule has 0 N–H and O–H groups in total. The van der Waals surface area contributed by atoms with Crippen LogP contribution in [0.1, 0.15) is 40.9 Å². The number of piperazine rings is 1. The number of nitrogens with zero attached hydrogens (tertiary/aromatic N) is 4. The van der Waals surface area contributed by atoms with Crippen molar-refractivity contribution in [3.8, 4) is 0 Å². The van der Waals surface area contributed by atoms with E-state index in [1.165, 1.54) is 11.1 Å². The fourth-order valence-electron chi connectivity index (χ4n) is 4.36. The third kappa shape index (κ3) is 4.93. The first kappa shape index (κ1) is 22.3. The van der Waals surface area contributed by atoms with Crippen LogP contribution >= 0.6 is 0 Å². The number of aryl methyl sites for hydroxylation is 2. The second kappa shape index (κ2) is 9.69. The Morgan fingerprint density at radius 2 is 1.75 bits per heavy atom. The van der Waals surface area contributed by atoms with Crippen LogP contribution in [0.2, 0.25) is 0 Å². The number of ether oxygens (including phenoxy) is 1. The summed E-state index contributed by atoms with van der Waals surface area (Å²) in [5.74, 6) is 0.0386. The molecule has 32 heavy (non-hydrogen) atoms. The van der Waals surface area contributed by atoms with E-state index in [-0.39, 0.29) is 17.9 Å². The number of hydrogen-bond donors (Lipinski definition) is 0. The first-order valence-corrected chi connectivity index (χ1v) is 11.4. The average Bonchev–Trinajstić information content (AvgIpc) is 3.42. The molecule has 2 aliphatic heterocycles. The molecule has 0 spiro atoms. The molecule has 2 aromatic rings. The molecule has 0 aliphatic carbocycles. The number of benzene rings is 1. The number of carbonyl (C=O) groups excluding carboxylic acids is 2. The molecule has 2 amide bonds. The molecule has 7 heteroatoms. The predicted molar refractivity (Wildman–Crippen MR) is 123 cm³/mol. The summed E-state index contributed by atoms with van der Waals surface area (Å²) in [6.45, 7) is 9.67. The second-order valence-corrected chi connectivity index (χ2v) is 8.71. The van der Waals surface area contributed by atoms with Crippen molar-refractivity contribution in [3.63, 3.8) is 0 Å². The Hall–Kier alpha value is -2.93. The van der Waals surface area contributed by atoms with Gasteiger partial charge in [-0.3, -0.25) is 14.3 Å². The van der Waals surface area contributed by atoms with E-state index in [1.54, 1.807) is 11.0 Å². The van der Waals surface area contributed by atoms with E-state index in [9.17, 15) is 9.59 Å². The lowest BCUT2D eigenvalue weighted by atomic mass is 10.1. The minimum Gasteiger partial charge on any atom is -0.368 e. The SMILES string of the molecule is Cc1ccc(Cn2nc(C)c(C=CC(=O)N3CCN(C(=O)C4CCCO4)CC3)c2C)cc1. The molecule has 2 saturated heterocycles. The fraction of sp³-hybridized carbons (Fsp3) is 0.480. The van der Waals surface area contributed by atoms with Crippen molar-refractivity contribution in [2.45, 2.75) is 46.3 Å². The molecule has 1 unspecified atom stereocenters. The van der Waals surface area contributed by atoms with Crippen LogP contribution in [0.3, 0.4) is 0 Å². The Kier molecular flexibility index (Phi) is 6.74. The summed E-state index contributed by atoms with van der Waals surface area (Å²) in [6.07, 6.45) is 4.96. The maximum absolute atomic E-state index is 12.7. The van der Waals surface area contributed by atoms with Gasteiger partial charge in [0.2, 0.25) is 5.91 Å². The zero-order valence-electron chi connectivity index (χ0n) is 19.2. The van der Waals surface area contributed by atoms with Gasteiger partial charge in [-0.05, 0) is 45.3 Å². The maximum atomic E-state index is 12.7. The molecule has 1 atom stereocenters. The molecule has 1 aromatic heterocycles. The van der Waals surface area contributed by atoms with Crippen LogP contribution in [0.15, 0.2) is 30.3 Å². The Morgan fingerprint density at radius 1 is 1.06 bits per heavy atom. The lowest BCUT2D eigenvalue weighted by Gasteiger charge is -2.35. The van der Waals surface area contributed by atoms with Gasteiger partial charge in [-0.25, -0.2) is 0 Å². The van der Waals surface area contributed by atoms with Gasteiger partial charge in [-0.1, -0.05) is 29.8 Å². The van der Waals surface area contributed by atoms with Gasteiger partial charge in [-0.15, -0.1) is 0 Å². The molecule has 0 radical (unpaired) electrons. The van der Waals surface area contributed by atoms with Crippen LogP contribution in [0.4, 0.5) is 0 Å². The van der Waals surface area contributed by atoms with Gasteiger partial charge < -0.3 is 14.5 Å². The molecular weight excluding hydrogens is 404 g/mol. The van der Waals surface area contributed by atoms with Crippen molar-refractivity contribution >= 4 is 17.9 Å². The summed E-state index contributed by atoms with van der Waals surface area (Å²) >= 11 is 0. The largest absolute Gasteiger partial charge is 0.368 e. The summed E-state index contributed by atoms with van der Waals surface area (Å²) < 4.78 is 7.49. The van der Waals surface area contributed by atoms with Gasteiger partial charge in [0.05, 0.1) is 12.2 Å². The molecular formula is C25H32N4O3. The third-order valence-corrected chi connectivity index (χ3v) is 6.39. The van der Waals surface area contributed by atoms with Crippen molar-refractivity contribution in [1.29, 1.82) is 0 Å². The third-order valence-electron chi connectivity index (χ3n) is 6.39. The quantitative estimate of drug-likeness (QED) is 0.676. The number of rotatable bonds is 5. The van der Waals surface area contributed by atoms with Gasteiger partial charge >= 0.3 is 0 Å². The van der Waals surface area contributed by atoms with Crippen molar-refractivity contribution in [2.24, 2.45) is 0 Å². The smallest absolute Gasteiger partial charge is 0.251 e. The summed E-state index contributed by atoms with van der Waals surface area (Å²) in [6, 6.07) is 8.45. The van der Waals surface area contributed by atoms with Gasteiger partial charge in [0.15, 0.2) is 0 Å². The number of carbonyl (C=O) groups is 2. The Balaban J connectivity index is 1.35. The highest BCUT2D eigenvalue weighted by molar-refractivity contribution is 5.92. The number of amides is 2. The average molecular weight is 437 g/mol. The Bertz CT molecular complexity index is 995. The maximum Gasteiger partial charge on any atom is 0.251 e. The Morgan fingerprint density at radius 3 is 2.41 bits per heavy atom. The van der Waals surface area contributed by atoms with Crippen LogP contribution in [0, 0.1) is 20.8 Å². The topological polar surface area (TPSA) is 67.7 Å². The van der Waals surface area contributed by atoms with Gasteiger partial charge in [0, 0.05) is 50.1 Å². The molecule has 0 saturated carbocycles. The first-order chi connectivity index (χ1) is 15.4. The molecule has 2 aliphatic rings. The van der Waals surface area contributed by atoms with Crippen molar-refractivity contribution < 1.29 is 14.3 Å². The highest BCUT2D eigenvalue weighted by atomic mass is 16.5. The van der Waals surface area contributed by atoms with Crippen LogP contribution < -0.4 is 0 Å². The van der Waals surface area contributed by atoms with Crippen LogP contribution in [0.25, 0.3) is 6.08 Å². The number of aromatic nitrogens is 2. The van der Waals surface area contributed by atoms with Crippen LogP contribution in [-0.4, -0.2) is 70.3 Å². The van der Waals surface area contributed by atoms with Gasteiger partial charge in [0.1, 0.15) is 6.10 Å². The van der Waals surface area contributed by atoms with E-state index in [4.69, 9.17) is 4.74 Å². The van der Waals surface area contributed by atoms with Crippen molar-refractivity contribution in [2.75, 3.05) is 32.8 Å². The number of hydrogen-bond acceptors (Lipinski definition) is 4. The zero-order valence-corrected chi connectivity index (χ0v) is 19.2. The van der Waals surface area contributed by atoms with E-state index < -0.39 is 0 Å². The summed E-state index contributed by atoms with van der Waals surface area (Å²) in [7, 11) is 0. The molecule has 1 aromatic carbocycles.